The second-order valence-electron chi connectivity index (χ2n) is 5.91. The molecule has 8 heteroatoms. The number of aryl methyl sites for hydroxylation is 1. The zero-order chi connectivity index (χ0) is 16.2. The molecule has 0 bridgehead atoms. The van der Waals surface area contributed by atoms with E-state index < -0.39 is 0 Å². The van der Waals surface area contributed by atoms with Crippen LogP contribution in [0.5, 0.6) is 0 Å². The van der Waals surface area contributed by atoms with E-state index in [2.05, 4.69) is 20.5 Å². The van der Waals surface area contributed by atoms with E-state index in [-0.39, 0.29) is 6.03 Å². The summed E-state index contributed by atoms with van der Waals surface area (Å²) in [6.07, 6.45) is 8.04. The third-order valence-corrected chi connectivity index (χ3v) is 5.92. The highest BCUT2D eigenvalue weighted by molar-refractivity contribution is 7.15. The van der Waals surface area contributed by atoms with Crippen LogP contribution in [-0.2, 0) is 6.54 Å². The van der Waals surface area contributed by atoms with Gasteiger partial charge in [0.25, 0.3) is 0 Å². The largest absolute Gasteiger partial charge is 0.323 e. The standard InChI is InChI=1S/C15H21N5OS2/c1-10-16-8-12(22-10)9-20(2)15(21)17-14-19-18-13(23-14)11-6-4-3-5-7-11/h8,11H,3-7,9H2,1-2H3,(H,17,19,21). The first-order valence-corrected chi connectivity index (χ1v) is 9.52. The molecule has 2 heterocycles. The first-order valence-electron chi connectivity index (χ1n) is 7.88. The molecule has 1 saturated carbocycles. The highest BCUT2D eigenvalue weighted by atomic mass is 32.1. The van der Waals surface area contributed by atoms with Gasteiger partial charge in [-0.3, -0.25) is 5.32 Å². The van der Waals surface area contributed by atoms with Gasteiger partial charge >= 0.3 is 6.03 Å². The van der Waals surface area contributed by atoms with Crippen LogP contribution in [0.4, 0.5) is 9.93 Å². The number of anilines is 1. The predicted octanol–water partition coefficient (Wildman–Crippen LogP) is 4.01. The average molecular weight is 352 g/mol. The van der Waals surface area contributed by atoms with Gasteiger partial charge in [-0.15, -0.1) is 21.5 Å². The highest BCUT2D eigenvalue weighted by Gasteiger charge is 2.20. The van der Waals surface area contributed by atoms with Crippen molar-refractivity contribution in [3.63, 3.8) is 0 Å². The molecule has 2 aromatic heterocycles. The molecule has 1 fully saturated rings. The smallest absolute Gasteiger partial charge is 0.322 e. The Morgan fingerprint density at radius 3 is 2.78 bits per heavy atom. The number of aromatic nitrogens is 3. The number of nitrogens with one attached hydrogen (secondary N) is 1. The summed E-state index contributed by atoms with van der Waals surface area (Å²) in [7, 11) is 1.77. The quantitative estimate of drug-likeness (QED) is 0.903. The molecular formula is C15H21N5OS2. The van der Waals surface area contributed by atoms with Crippen molar-refractivity contribution in [3.8, 4) is 0 Å². The Kier molecular flexibility index (Phi) is 5.22. The Morgan fingerprint density at radius 2 is 2.09 bits per heavy atom. The second kappa shape index (κ2) is 7.35. The lowest BCUT2D eigenvalue weighted by Gasteiger charge is -2.18. The lowest BCUT2D eigenvalue weighted by atomic mass is 9.90. The van der Waals surface area contributed by atoms with Crippen LogP contribution in [0.3, 0.4) is 0 Å². The Bertz CT molecular complexity index is 662. The van der Waals surface area contributed by atoms with Gasteiger partial charge in [0.2, 0.25) is 5.13 Å². The van der Waals surface area contributed by atoms with Gasteiger partial charge in [-0.25, -0.2) is 9.78 Å². The summed E-state index contributed by atoms with van der Waals surface area (Å²) in [5.74, 6) is 0.518. The van der Waals surface area contributed by atoms with E-state index in [1.807, 2.05) is 13.1 Å². The van der Waals surface area contributed by atoms with Crippen molar-refractivity contribution in [1.82, 2.24) is 20.1 Å². The summed E-state index contributed by atoms with van der Waals surface area (Å²) in [6.45, 7) is 2.51. The van der Waals surface area contributed by atoms with Gasteiger partial charge in [0.15, 0.2) is 0 Å². The molecule has 2 aromatic rings. The van der Waals surface area contributed by atoms with Gasteiger partial charge in [-0.2, -0.15) is 0 Å². The zero-order valence-corrected chi connectivity index (χ0v) is 15.0. The summed E-state index contributed by atoms with van der Waals surface area (Å²) in [4.78, 5) is 19.2. The fourth-order valence-electron chi connectivity index (χ4n) is 2.77. The molecule has 124 valence electrons. The van der Waals surface area contributed by atoms with E-state index in [0.29, 0.717) is 17.6 Å². The molecule has 0 spiro atoms. The lowest BCUT2D eigenvalue weighted by Crippen LogP contribution is -2.30. The van der Waals surface area contributed by atoms with Crippen molar-refractivity contribution in [2.75, 3.05) is 12.4 Å². The second-order valence-corrected chi connectivity index (χ2v) is 8.24. The van der Waals surface area contributed by atoms with Crippen LogP contribution in [0, 0.1) is 6.92 Å². The number of urea groups is 1. The monoisotopic (exact) mass is 351 g/mol. The van der Waals surface area contributed by atoms with Crippen LogP contribution >= 0.6 is 22.7 Å². The van der Waals surface area contributed by atoms with Crippen molar-refractivity contribution in [1.29, 1.82) is 0 Å². The van der Waals surface area contributed by atoms with E-state index in [9.17, 15) is 4.79 Å². The van der Waals surface area contributed by atoms with Crippen LogP contribution in [-0.4, -0.2) is 33.2 Å². The van der Waals surface area contributed by atoms with Gasteiger partial charge < -0.3 is 4.90 Å². The Hall–Kier alpha value is -1.54. The number of amides is 2. The van der Waals surface area contributed by atoms with Crippen molar-refractivity contribution in [2.24, 2.45) is 0 Å². The summed E-state index contributed by atoms with van der Waals surface area (Å²) in [6, 6.07) is -0.164. The number of carbonyl (C=O) groups excluding carboxylic acids is 1. The number of hydrogen-bond donors (Lipinski definition) is 1. The van der Waals surface area contributed by atoms with Crippen LogP contribution < -0.4 is 5.32 Å². The topological polar surface area (TPSA) is 71.0 Å². The maximum absolute atomic E-state index is 12.2. The number of thiazole rings is 1. The molecule has 0 unspecified atom stereocenters. The average Bonchev–Trinajstić information content (AvgIpc) is 3.17. The maximum atomic E-state index is 12.2. The number of nitrogens with zero attached hydrogens (tertiary/aromatic N) is 4. The fourth-order valence-corrected chi connectivity index (χ4v) is 4.52. The van der Waals surface area contributed by atoms with Gasteiger partial charge in [0.05, 0.1) is 11.6 Å². The van der Waals surface area contributed by atoms with Crippen LogP contribution in [0.25, 0.3) is 0 Å². The molecule has 0 radical (unpaired) electrons. The summed E-state index contributed by atoms with van der Waals surface area (Å²) >= 11 is 3.11. The molecule has 1 aliphatic rings. The van der Waals surface area contributed by atoms with Crippen LogP contribution in [0.2, 0.25) is 0 Å². The molecular weight excluding hydrogens is 330 g/mol. The fraction of sp³-hybridized carbons (Fsp3) is 0.600. The van der Waals surface area contributed by atoms with Gasteiger partial charge in [-0.05, 0) is 19.8 Å². The van der Waals surface area contributed by atoms with Crippen LogP contribution in [0.15, 0.2) is 6.20 Å². The SMILES string of the molecule is Cc1ncc(CN(C)C(=O)Nc2nnc(C3CCCCC3)s2)s1. The zero-order valence-electron chi connectivity index (χ0n) is 13.4. The summed E-state index contributed by atoms with van der Waals surface area (Å²) < 4.78 is 0. The maximum Gasteiger partial charge on any atom is 0.323 e. The van der Waals surface area contributed by atoms with Gasteiger partial charge in [-0.1, -0.05) is 30.6 Å². The third kappa shape index (κ3) is 4.26. The molecule has 23 heavy (non-hydrogen) atoms. The number of carbonyl (C=O) groups is 1. The molecule has 2 amide bonds. The minimum absolute atomic E-state index is 0.164. The van der Waals surface area contributed by atoms with Gasteiger partial charge in [0.1, 0.15) is 5.01 Å². The van der Waals surface area contributed by atoms with Gasteiger partial charge in [0, 0.05) is 24.0 Å². The molecule has 1 aliphatic carbocycles. The summed E-state index contributed by atoms with van der Waals surface area (Å²) in [5.41, 5.74) is 0. The van der Waals surface area contributed by atoms with E-state index in [1.54, 1.807) is 23.3 Å². The number of rotatable bonds is 4. The van der Waals surface area contributed by atoms with Crippen molar-refractivity contribution in [3.05, 3.63) is 21.1 Å². The Balaban J connectivity index is 1.55. The minimum atomic E-state index is -0.164. The Morgan fingerprint density at radius 1 is 1.30 bits per heavy atom. The molecule has 0 atom stereocenters. The highest BCUT2D eigenvalue weighted by Crippen LogP contribution is 2.35. The lowest BCUT2D eigenvalue weighted by molar-refractivity contribution is 0.221. The predicted molar refractivity (Wildman–Crippen MR) is 93.1 cm³/mol. The first kappa shape index (κ1) is 16.3. The van der Waals surface area contributed by atoms with Crippen molar-refractivity contribution >= 4 is 33.8 Å². The molecule has 0 saturated heterocycles. The van der Waals surface area contributed by atoms with E-state index in [4.69, 9.17) is 0 Å². The Labute approximate surface area is 144 Å². The van der Waals surface area contributed by atoms with E-state index in [0.717, 1.165) is 14.9 Å². The molecule has 6 nitrogen and oxygen atoms in total. The molecule has 0 aromatic carbocycles. The summed E-state index contributed by atoms with van der Waals surface area (Å²) in [5, 5.41) is 13.9. The van der Waals surface area contributed by atoms with Crippen molar-refractivity contribution in [2.45, 2.75) is 51.5 Å². The van der Waals surface area contributed by atoms with Crippen LogP contribution in [0.1, 0.15) is 52.9 Å². The first-order chi connectivity index (χ1) is 11.1. The molecule has 0 aliphatic heterocycles. The number of hydrogen-bond acceptors (Lipinski definition) is 6. The molecule has 3 rings (SSSR count). The third-order valence-electron chi connectivity index (χ3n) is 4.02. The normalized spacial score (nSPS) is 15.6. The molecule has 1 N–H and O–H groups in total. The van der Waals surface area contributed by atoms with E-state index in [1.165, 1.54) is 43.4 Å². The van der Waals surface area contributed by atoms with Crippen molar-refractivity contribution < 1.29 is 4.79 Å². The minimum Gasteiger partial charge on any atom is -0.322 e. The van der Waals surface area contributed by atoms with E-state index >= 15 is 0 Å².